The van der Waals surface area contributed by atoms with Crippen LogP contribution in [0, 0.1) is 27.7 Å². The number of Topliss-reactive ketones (excluding diaryl/α,β-unsaturated/α-hetero) is 1. The zero-order chi connectivity index (χ0) is 27.7. The molecule has 0 aromatic heterocycles. The van der Waals surface area contributed by atoms with E-state index >= 15 is 0 Å². The molecule has 38 heavy (non-hydrogen) atoms. The van der Waals surface area contributed by atoms with Gasteiger partial charge in [-0.1, -0.05) is 12.1 Å². The van der Waals surface area contributed by atoms with Gasteiger partial charge in [0.1, 0.15) is 11.5 Å². The second kappa shape index (κ2) is 10.6. The minimum Gasteiger partial charge on any atom is -0.507 e. The maximum absolute atomic E-state index is 13.6. The fourth-order valence-electron chi connectivity index (χ4n) is 4.83. The number of aliphatic hydroxyl groups excluding tert-OH is 1. The molecular weight excluding hydrogens is 482 g/mol. The van der Waals surface area contributed by atoms with E-state index in [2.05, 4.69) is 0 Å². The van der Waals surface area contributed by atoms with Crippen LogP contribution in [0.4, 0.5) is 5.69 Å². The number of ether oxygens (including phenoxy) is 3. The van der Waals surface area contributed by atoms with Crippen molar-refractivity contribution in [3.63, 3.8) is 0 Å². The summed E-state index contributed by atoms with van der Waals surface area (Å²) >= 11 is 0. The quantitative estimate of drug-likeness (QED) is 0.237. The minimum absolute atomic E-state index is 0.00788. The van der Waals surface area contributed by atoms with E-state index in [1.165, 1.54) is 4.90 Å². The zero-order valence-electron chi connectivity index (χ0n) is 22.8. The number of nitrogens with zero attached hydrogens (tertiary/aromatic N) is 1. The molecule has 7 nitrogen and oxygen atoms in total. The van der Waals surface area contributed by atoms with Crippen molar-refractivity contribution in [2.75, 3.05) is 25.7 Å². The number of ketones is 1. The van der Waals surface area contributed by atoms with Crippen LogP contribution in [0.1, 0.15) is 46.3 Å². The molecular formula is C31H33NO6. The van der Waals surface area contributed by atoms with Crippen molar-refractivity contribution < 1.29 is 28.9 Å². The molecule has 198 valence electrons. The van der Waals surface area contributed by atoms with Crippen molar-refractivity contribution in [3.05, 3.63) is 87.5 Å². The highest BCUT2D eigenvalue weighted by Gasteiger charge is 2.47. The van der Waals surface area contributed by atoms with Gasteiger partial charge in [-0.05, 0) is 98.8 Å². The molecule has 0 aliphatic carbocycles. The molecule has 1 amide bonds. The minimum atomic E-state index is -0.885. The van der Waals surface area contributed by atoms with Gasteiger partial charge in [-0.2, -0.15) is 0 Å². The van der Waals surface area contributed by atoms with Gasteiger partial charge in [0.2, 0.25) is 0 Å². The molecule has 1 heterocycles. The number of benzene rings is 3. The first-order chi connectivity index (χ1) is 18.1. The Hall–Kier alpha value is -4.26. The average molecular weight is 516 g/mol. The van der Waals surface area contributed by atoms with Crippen LogP contribution < -0.4 is 19.1 Å². The third-order valence-electron chi connectivity index (χ3n) is 7.01. The standard InChI is InChI=1S/C31H33NO6/c1-8-38-26-16-21(10-12-24(26)36-6)28-27(29(33)23-14-20(5)25(37-7)15-19(23)4)30(34)31(35)32(28)22-11-9-17(2)18(3)13-22/h9-16,28,33H,8H2,1-7H3/b29-27+. The predicted molar refractivity (Wildman–Crippen MR) is 147 cm³/mol. The SMILES string of the molecule is CCOc1cc(C2/C(=C(\O)c3cc(C)c(OC)cc3C)C(=O)C(=O)N2c2ccc(C)c(C)c2)ccc1OC. The third-order valence-corrected chi connectivity index (χ3v) is 7.01. The Morgan fingerprint density at radius 3 is 2.16 bits per heavy atom. The van der Waals surface area contributed by atoms with Crippen molar-refractivity contribution in [2.24, 2.45) is 0 Å². The number of aryl methyl sites for hydroxylation is 4. The van der Waals surface area contributed by atoms with Crippen LogP contribution in [-0.2, 0) is 9.59 Å². The van der Waals surface area contributed by atoms with E-state index in [1.54, 1.807) is 44.6 Å². The molecule has 0 radical (unpaired) electrons. The van der Waals surface area contributed by atoms with Crippen LogP contribution >= 0.6 is 0 Å². The fraction of sp³-hybridized carbons (Fsp3) is 0.290. The second-order valence-electron chi connectivity index (χ2n) is 9.42. The zero-order valence-corrected chi connectivity index (χ0v) is 22.8. The summed E-state index contributed by atoms with van der Waals surface area (Å²) in [5.74, 6) is -0.0294. The lowest BCUT2D eigenvalue weighted by molar-refractivity contribution is -0.132. The van der Waals surface area contributed by atoms with E-state index in [0.717, 1.165) is 16.7 Å². The Balaban J connectivity index is 2.01. The monoisotopic (exact) mass is 515 g/mol. The highest BCUT2D eigenvalue weighted by atomic mass is 16.5. The van der Waals surface area contributed by atoms with Crippen LogP contribution in [0.2, 0.25) is 0 Å². The number of amides is 1. The van der Waals surface area contributed by atoms with Gasteiger partial charge in [0.15, 0.2) is 11.5 Å². The molecule has 1 N–H and O–H groups in total. The van der Waals surface area contributed by atoms with Crippen molar-refractivity contribution in [1.82, 2.24) is 0 Å². The Labute approximate surface area is 223 Å². The summed E-state index contributed by atoms with van der Waals surface area (Å²) in [4.78, 5) is 28.6. The molecule has 1 fully saturated rings. The molecule has 7 heteroatoms. The van der Waals surface area contributed by atoms with Gasteiger partial charge in [0, 0.05) is 11.3 Å². The maximum atomic E-state index is 13.6. The maximum Gasteiger partial charge on any atom is 0.300 e. The van der Waals surface area contributed by atoms with Crippen LogP contribution in [0.3, 0.4) is 0 Å². The summed E-state index contributed by atoms with van der Waals surface area (Å²) in [6, 6.07) is 13.6. The molecule has 0 saturated carbocycles. The van der Waals surface area contributed by atoms with Gasteiger partial charge in [0.25, 0.3) is 11.7 Å². The lowest BCUT2D eigenvalue weighted by Crippen LogP contribution is -2.29. The van der Waals surface area contributed by atoms with E-state index in [-0.39, 0.29) is 11.3 Å². The van der Waals surface area contributed by atoms with Crippen LogP contribution in [-0.4, -0.2) is 37.6 Å². The summed E-state index contributed by atoms with van der Waals surface area (Å²) in [5, 5.41) is 11.6. The Bertz CT molecular complexity index is 1450. The van der Waals surface area contributed by atoms with Crippen LogP contribution in [0.15, 0.2) is 54.1 Å². The lowest BCUT2D eigenvalue weighted by atomic mass is 9.92. The molecule has 1 saturated heterocycles. The Morgan fingerprint density at radius 1 is 0.816 bits per heavy atom. The summed E-state index contributed by atoms with van der Waals surface area (Å²) in [6.45, 7) is 9.89. The van der Waals surface area contributed by atoms with Gasteiger partial charge in [0.05, 0.1) is 32.4 Å². The number of methoxy groups -OCH3 is 2. The normalized spacial score (nSPS) is 16.6. The second-order valence-corrected chi connectivity index (χ2v) is 9.42. The Kier molecular flexibility index (Phi) is 7.49. The van der Waals surface area contributed by atoms with Gasteiger partial charge in [-0.3, -0.25) is 14.5 Å². The van der Waals surface area contributed by atoms with E-state index in [1.807, 2.05) is 52.8 Å². The molecule has 3 aromatic rings. The molecule has 0 bridgehead atoms. The summed E-state index contributed by atoms with van der Waals surface area (Å²) in [5.41, 5.74) is 5.20. The number of hydrogen-bond donors (Lipinski definition) is 1. The third kappa shape index (κ3) is 4.60. The number of carbonyl (C=O) groups is 2. The first kappa shape index (κ1) is 26.8. The van der Waals surface area contributed by atoms with Gasteiger partial charge in [-0.15, -0.1) is 0 Å². The number of carbonyl (C=O) groups excluding carboxylic acids is 2. The molecule has 1 atom stereocenters. The first-order valence-corrected chi connectivity index (χ1v) is 12.5. The molecule has 4 rings (SSSR count). The van der Waals surface area contributed by atoms with E-state index in [4.69, 9.17) is 14.2 Å². The van der Waals surface area contributed by atoms with Crippen LogP contribution in [0.25, 0.3) is 5.76 Å². The molecule has 1 aliphatic heterocycles. The lowest BCUT2D eigenvalue weighted by Gasteiger charge is -2.27. The fourth-order valence-corrected chi connectivity index (χ4v) is 4.83. The van der Waals surface area contributed by atoms with Gasteiger partial charge >= 0.3 is 0 Å². The largest absolute Gasteiger partial charge is 0.507 e. The number of rotatable bonds is 7. The van der Waals surface area contributed by atoms with Crippen molar-refractivity contribution in [3.8, 4) is 17.2 Å². The molecule has 0 spiro atoms. The molecule has 1 unspecified atom stereocenters. The predicted octanol–water partition coefficient (Wildman–Crippen LogP) is 5.96. The van der Waals surface area contributed by atoms with Crippen molar-refractivity contribution in [2.45, 2.75) is 40.7 Å². The molecule has 1 aliphatic rings. The van der Waals surface area contributed by atoms with Crippen molar-refractivity contribution >= 4 is 23.1 Å². The van der Waals surface area contributed by atoms with E-state index in [9.17, 15) is 14.7 Å². The average Bonchev–Trinajstić information content (AvgIpc) is 3.16. The van der Waals surface area contributed by atoms with Gasteiger partial charge < -0.3 is 19.3 Å². The smallest absolute Gasteiger partial charge is 0.300 e. The number of aliphatic hydroxyl groups is 1. The summed E-state index contributed by atoms with van der Waals surface area (Å²) in [7, 11) is 3.13. The topological polar surface area (TPSA) is 85.3 Å². The Morgan fingerprint density at radius 2 is 1.53 bits per heavy atom. The van der Waals surface area contributed by atoms with E-state index in [0.29, 0.717) is 46.2 Å². The number of hydrogen-bond acceptors (Lipinski definition) is 6. The molecule has 3 aromatic carbocycles. The van der Waals surface area contributed by atoms with Crippen molar-refractivity contribution in [1.29, 1.82) is 0 Å². The first-order valence-electron chi connectivity index (χ1n) is 12.5. The summed E-state index contributed by atoms with van der Waals surface area (Å²) in [6.07, 6.45) is 0. The van der Waals surface area contributed by atoms with E-state index < -0.39 is 17.7 Å². The van der Waals surface area contributed by atoms with Gasteiger partial charge in [-0.25, -0.2) is 0 Å². The number of anilines is 1. The summed E-state index contributed by atoms with van der Waals surface area (Å²) < 4.78 is 16.7. The highest BCUT2D eigenvalue weighted by Crippen LogP contribution is 2.45. The highest BCUT2D eigenvalue weighted by molar-refractivity contribution is 6.51. The van der Waals surface area contributed by atoms with Crippen LogP contribution in [0.5, 0.6) is 17.2 Å².